The van der Waals surface area contributed by atoms with Gasteiger partial charge in [-0.15, -0.1) is 0 Å². The van der Waals surface area contributed by atoms with E-state index in [0.717, 1.165) is 12.8 Å². The van der Waals surface area contributed by atoms with Crippen molar-refractivity contribution in [2.24, 2.45) is 0 Å². The van der Waals surface area contributed by atoms with Gasteiger partial charge in [0.25, 0.3) is 0 Å². The molecule has 0 saturated heterocycles. The molecular weight excluding hydrogens is 173 g/mol. The Bertz CT molecular complexity index is 296. The van der Waals surface area contributed by atoms with Crippen molar-refractivity contribution in [1.29, 1.82) is 0 Å². The van der Waals surface area contributed by atoms with Crippen LogP contribution in [0, 0.1) is 5.82 Å². The number of halogens is 1. The summed E-state index contributed by atoms with van der Waals surface area (Å²) in [6.45, 7) is 0. The largest absolute Gasteiger partial charge is 0.257 e. The molecule has 3 heteroatoms. The predicted octanol–water partition coefficient (Wildman–Crippen LogP) is 2.57. The summed E-state index contributed by atoms with van der Waals surface area (Å²) in [4.78, 5) is 4.09. The third-order valence-electron chi connectivity index (χ3n) is 2.28. The Morgan fingerprint density at radius 2 is 2.33 bits per heavy atom. The van der Waals surface area contributed by atoms with E-state index < -0.39 is 0 Å². The quantitative estimate of drug-likeness (QED) is 0.699. The lowest BCUT2D eigenvalue weighted by Gasteiger charge is -2.10. The second-order valence-electron chi connectivity index (χ2n) is 3.03. The van der Waals surface area contributed by atoms with Crippen LogP contribution in [0.1, 0.15) is 18.5 Å². The number of hydrogen-bond acceptors (Lipinski definition) is 2. The van der Waals surface area contributed by atoms with Crippen molar-refractivity contribution in [2.75, 3.05) is 6.26 Å². The van der Waals surface area contributed by atoms with Crippen LogP contribution in [0.5, 0.6) is 0 Å². The van der Waals surface area contributed by atoms with Crippen LogP contribution in [0.25, 0.3) is 0 Å². The van der Waals surface area contributed by atoms with Crippen molar-refractivity contribution in [2.45, 2.75) is 17.6 Å². The maximum absolute atomic E-state index is 13.2. The molecule has 0 radical (unpaired) electrons. The highest BCUT2D eigenvalue weighted by Crippen LogP contribution is 2.55. The molecule has 0 N–H and O–H groups in total. The van der Waals surface area contributed by atoms with Crippen molar-refractivity contribution < 1.29 is 4.39 Å². The fourth-order valence-electron chi connectivity index (χ4n) is 1.37. The number of nitrogens with zero attached hydrogens (tertiary/aromatic N) is 1. The molecular formula is C9H10FNS. The van der Waals surface area contributed by atoms with Gasteiger partial charge in [-0.25, -0.2) is 4.39 Å². The van der Waals surface area contributed by atoms with Crippen LogP contribution >= 0.6 is 11.8 Å². The fraction of sp³-hybridized carbons (Fsp3) is 0.444. The molecule has 1 aromatic heterocycles. The second kappa shape index (κ2) is 2.73. The van der Waals surface area contributed by atoms with E-state index >= 15 is 0 Å². The van der Waals surface area contributed by atoms with Gasteiger partial charge in [-0.1, -0.05) is 0 Å². The normalized spacial score (nSPS) is 19.2. The lowest BCUT2D eigenvalue weighted by molar-refractivity contribution is 0.595. The van der Waals surface area contributed by atoms with Crippen LogP contribution in [0.15, 0.2) is 18.3 Å². The average Bonchev–Trinajstić information content (AvgIpc) is 2.86. The molecule has 2 rings (SSSR count). The molecule has 1 fully saturated rings. The van der Waals surface area contributed by atoms with E-state index in [1.165, 1.54) is 6.07 Å². The number of aromatic nitrogens is 1. The smallest absolute Gasteiger partial charge is 0.146 e. The molecule has 0 aromatic carbocycles. The van der Waals surface area contributed by atoms with E-state index in [4.69, 9.17) is 0 Å². The summed E-state index contributed by atoms with van der Waals surface area (Å²) in [7, 11) is 0. The minimum absolute atomic E-state index is 0.00530. The zero-order chi connectivity index (χ0) is 8.60. The Kier molecular flexibility index (Phi) is 1.83. The minimum atomic E-state index is -0.163. The minimum Gasteiger partial charge on any atom is -0.257 e. The van der Waals surface area contributed by atoms with Gasteiger partial charge in [-0.05, 0) is 31.2 Å². The standard InChI is InChI=1S/C9H10FNS/c1-12-9(4-5-9)8-7(10)3-2-6-11-8/h2-3,6H,4-5H2,1H3. The maximum Gasteiger partial charge on any atom is 0.146 e. The molecule has 0 amide bonds. The first-order valence-electron chi connectivity index (χ1n) is 3.95. The zero-order valence-corrected chi connectivity index (χ0v) is 7.70. The van der Waals surface area contributed by atoms with Crippen LogP contribution in [-0.2, 0) is 4.75 Å². The predicted molar refractivity (Wildman–Crippen MR) is 48.6 cm³/mol. The SMILES string of the molecule is CSC1(c2ncccc2F)CC1. The molecule has 1 saturated carbocycles. The van der Waals surface area contributed by atoms with Crippen molar-refractivity contribution >= 4 is 11.8 Å². The Morgan fingerprint density at radius 1 is 1.58 bits per heavy atom. The summed E-state index contributed by atoms with van der Waals surface area (Å²) < 4.78 is 13.2. The second-order valence-corrected chi connectivity index (χ2v) is 4.22. The van der Waals surface area contributed by atoms with Crippen LogP contribution in [0.3, 0.4) is 0 Å². The van der Waals surface area contributed by atoms with Crippen molar-refractivity contribution in [3.8, 4) is 0 Å². The lowest BCUT2D eigenvalue weighted by Crippen LogP contribution is -2.05. The highest BCUT2D eigenvalue weighted by molar-refractivity contribution is 7.99. The monoisotopic (exact) mass is 183 g/mol. The Labute approximate surface area is 75.4 Å². The van der Waals surface area contributed by atoms with Crippen LogP contribution < -0.4 is 0 Å². The number of pyridine rings is 1. The molecule has 1 aliphatic rings. The molecule has 0 bridgehead atoms. The van der Waals surface area contributed by atoms with E-state index in [-0.39, 0.29) is 10.6 Å². The van der Waals surface area contributed by atoms with Crippen molar-refractivity contribution in [3.05, 3.63) is 29.8 Å². The molecule has 0 spiro atoms. The number of thioether (sulfide) groups is 1. The highest BCUT2D eigenvalue weighted by Gasteiger charge is 2.46. The molecule has 1 aromatic rings. The Morgan fingerprint density at radius 3 is 2.83 bits per heavy atom. The van der Waals surface area contributed by atoms with E-state index in [0.29, 0.717) is 5.69 Å². The molecule has 12 heavy (non-hydrogen) atoms. The third-order valence-corrected chi connectivity index (χ3v) is 3.67. The summed E-state index contributed by atoms with van der Waals surface area (Å²) >= 11 is 1.70. The van der Waals surface area contributed by atoms with Gasteiger partial charge in [0.05, 0.1) is 10.4 Å². The number of hydrogen-bond donors (Lipinski definition) is 0. The maximum atomic E-state index is 13.2. The third kappa shape index (κ3) is 1.12. The summed E-state index contributed by atoms with van der Waals surface area (Å²) in [5.74, 6) is -0.163. The summed E-state index contributed by atoms with van der Waals surface area (Å²) in [5.41, 5.74) is 0.637. The van der Waals surface area contributed by atoms with Crippen LogP contribution in [-0.4, -0.2) is 11.2 Å². The van der Waals surface area contributed by atoms with Crippen LogP contribution in [0.4, 0.5) is 4.39 Å². The van der Waals surface area contributed by atoms with Gasteiger partial charge in [-0.2, -0.15) is 11.8 Å². The van der Waals surface area contributed by atoms with Gasteiger partial charge >= 0.3 is 0 Å². The van der Waals surface area contributed by atoms with Gasteiger partial charge in [-0.3, -0.25) is 4.98 Å². The molecule has 0 atom stereocenters. The van der Waals surface area contributed by atoms with Crippen molar-refractivity contribution in [1.82, 2.24) is 4.98 Å². The molecule has 1 heterocycles. The molecule has 0 unspecified atom stereocenters. The molecule has 0 aliphatic heterocycles. The van der Waals surface area contributed by atoms with E-state index in [2.05, 4.69) is 4.98 Å². The molecule has 64 valence electrons. The van der Waals surface area contributed by atoms with Crippen LogP contribution in [0.2, 0.25) is 0 Å². The van der Waals surface area contributed by atoms with E-state index in [1.807, 2.05) is 6.26 Å². The number of rotatable bonds is 2. The fourth-order valence-corrected chi connectivity index (χ4v) is 2.23. The van der Waals surface area contributed by atoms with Gasteiger partial charge in [0.2, 0.25) is 0 Å². The van der Waals surface area contributed by atoms with Gasteiger partial charge in [0, 0.05) is 6.20 Å². The lowest BCUT2D eigenvalue weighted by atomic mass is 10.2. The highest BCUT2D eigenvalue weighted by atomic mass is 32.2. The first kappa shape index (κ1) is 8.05. The van der Waals surface area contributed by atoms with E-state index in [1.54, 1.807) is 24.0 Å². The van der Waals surface area contributed by atoms with Crippen molar-refractivity contribution in [3.63, 3.8) is 0 Å². The summed E-state index contributed by atoms with van der Waals surface area (Å²) in [6.07, 6.45) is 5.79. The topological polar surface area (TPSA) is 12.9 Å². The molecule has 1 aliphatic carbocycles. The summed E-state index contributed by atoms with van der Waals surface area (Å²) in [6, 6.07) is 3.12. The Hall–Kier alpha value is -0.570. The molecule has 1 nitrogen and oxygen atoms in total. The average molecular weight is 183 g/mol. The van der Waals surface area contributed by atoms with Gasteiger partial charge < -0.3 is 0 Å². The Balaban J connectivity index is 2.40. The van der Waals surface area contributed by atoms with E-state index in [9.17, 15) is 4.39 Å². The van der Waals surface area contributed by atoms with Gasteiger partial charge in [0.15, 0.2) is 0 Å². The summed E-state index contributed by atoms with van der Waals surface area (Å²) in [5, 5.41) is 0. The van der Waals surface area contributed by atoms with Gasteiger partial charge in [0.1, 0.15) is 5.82 Å². The zero-order valence-electron chi connectivity index (χ0n) is 6.88. The first-order valence-corrected chi connectivity index (χ1v) is 5.17. The first-order chi connectivity index (χ1) is 5.78.